The Balaban J connectivity index is 1.76. The van der Waals surface area contributed by atoms with Gasteiger partial charge in [0.2, 0.25) is 11.3 Å². The van der Waals surface area contributed by atoms with Crippen LogP contribution in [0.5, 0.6) is 0 Å². The molecule has 0 aromatic heterocycles. The zero-order chi connectivity index (χ0) is 23.2. The molecule has 2 atom stereocenters. The summed E-state index contributed by atoms with van der Waals surface area (Å²) in [6.07, 6.45) is 1.91. The summed E-state index contributed by atoms with van der Waals surface area (Å²) in [5, 5.41) is 33.6. The molecule has 2 aromatic carbocycles. The Kier molecular flexibility index (Phi) is 4.57. The molecular weight excluding hydrogens is 412 g/mol. The van der Waals surface area contributed by atoms with Gasteiger partial charge in [-0.3, -0.25) is 9.69 Å². The summed E-state index contributed by atoms with van der Waals surface area (Å²) >= 11 is 0. The number of amides is 1. The molecule has 160 valence electrons. The van der Waals surface area contributed by atoms with Gasteiger partial charge in [-0.1, -0.05) is 54.6 Å². The number of allylic oxidation sites excluding steroid dienone is 2. The van der Waals surface area contributed by atoms with Crippen molar-refractivity contribution >= 4 is 11.6 Å². The molecule has 0 unspecified atom stereocenters. The summed E-state index contributed by atoms with van der Waals surface area (Å²) in [4.78, 5) is 15.9. The smallest absolute Gasteiger partial charge is 0.238 e. The fourth-order valence-corrected chi connectivity index (χ4v) is 5.68. The second-order valence-corrected chi connectivity index (χ2v) is 8.57. The third kappa shape index (κ3) is 2.53. The average molecular weight is 432 g/mol. The van der Waals surface area contributed by atoms with E-state index in [0.29, 0.717) is 36.5 Å². The molecule has 5 rings (SSSR count). The van der Waals surface area contributed by atoms with E-state index in [0.717, 1.165) is 5.56 Å². The van der Waals surface area contributed by atoms with Crippen LogP contribution >= 0.6 is 0 Å². The van der Waals surface area contributed by atoms with E-state index < -0.39 is 22.7 Å². The molecule has 3 aliphatic rings. The van der Waals surface area contributed by atoms with Gasteiger partial charge in [0.25, 0.3) is 0 Å². The minimum Gasteiger partial charge on any atom is -0.399 e. The van der Waals surface area contributed by atoms with E-state index in [1.54, 1.807) is 24.3 Å². The summed E-state index contributed by atoms with van der Waals surface area (Å²) in [7, 11) is 0. The summed E-state index contributed by atoms with van der Waals surface area (Å²) in [5.74, 6) is -1.04. The number of nitrogens with one attached hydrogen (secondary N) is 1. The summed E-state index contributed by atoms with van der Waals surface area (Å²) in [5.41, 5.74) is 5.66. The van der Waals surface area contributed by atoms with Gasteiger partial charge in [-0.2, -0.15) is 15.8 Å². The van der Waals surface area contributed by atoms with Gasteiger partial charge in [0.05, 0.1) is 23.4 Å². The largest absolute Gasteiger partial charge is 0.399 e. The van der Waals surface area contributed by atoms with Gasteiger partial charge in [0.15, 0.2) is 0 Å². The maximum Gasteiger partial charge on any atom is 0.238 e. The Morgan fingerprint density at radius 1 is 1.06 bits per heavy atom. The highest BCUT2D eigenvalue weighted by Crippen LogP contribution is 2.62. The molecule has 7 nitrogen and oxygen atoms in total. The molecule has 33 heavy (non-hydrogen) atoms. The van der Waals surface area contributed by atoms with E-state index >= 15 is 0 Å². The van der Waals surface area contributed by atoms with Crippen molar-refractivity contribution in [2.75, 3.05) is 18.4 Å². The molecule has 1 amide bonds. The van der Waals surface area contributed by atoms with Crippen LogP contribution in [0.2, 0.25) is 0 Å². The first-order valence-corrected chi connectivity index (χ1v) is 10.6. The molecule has 0 saturated carbocycles. The van der Waals surface area contributed by atoms with Crippen LogP contribution in [0.4, 0.5) is 5.69 Å². The lowest BCUT2D eigenvalue weighted by Crippen LogP contribution is -2.62. The number of nitriles is 3. The molecule has 3 N–H and O–H groups in total. The molecule has 2 aliphatic heterocycles. The van der Waals surface area contributed by atoms with E-state index in [1.165, 1.54) is 0 Å². The van der Waals surface area contributed by atoms with Crippen molar-refractivity contribution < 1.29 is 4.79 Å². The monoisotopic (exact) mass is 432 g/mol. The lowest BCUT2D eigenvalue weighted by atomic mass is 9.48. The minimum atomic E-state index is -2.02. The maximum atomic E-state index is 13.8. The second kappa shape index (κ2) is 7.35. The second-order valence-electron chi connectivity index (χ2n) is 8.57. The third-order valence-corrected chi connectivity index (χ3v) is 7.12. The van der Waals surface area contributed by atoms with Gasteiger partial charge in [-0.25, -0.2) is 0 Å². The third-order valence-electron chi connectivity index (χ3n) is 7.12. The van der Waals surface area contributed by atoms with E-state index in [-0.39, 0.29) is 11.3 Å². The molecule has 0 saturated heterocycles. The first kappa shape index (κ1) is 20.5. The Morgan fingerprint density at radius 2 is 1.76 bits per heavy atom. The lowest BCUT2D eigenvalue weighted by Gasteiger charge is -2.51. The normalized spacial score (nSPS) is 25.2. The van der Waals surface area contributed by atoms with Crippen LogP contribution in [0.15, 0.2) is 77.5 Å². The molecular formula is C26H20N6O. The fraction of sp³-hybridized carbons (Fsp3) is 0.231. The zero-order valence-electron chi connectivity index (χ0n) is 17.7. The van der Waals surface area contributed by atoms with Crippen LogP contribution in [0, 0.1) is 45.3 Å². The predicted molar refractivity (Wildman–Crippen MR) is 121 cm³/mol. The molecule has 2 heterocycles. The van der Waals surface area contributed by atoms with Gasteiger partial charge in [0.1, 0.15) is 11.5 Å². The number of anilines is 1. The van der Waals surface area contributed by atoms with Crippen LogP contribution in [0.25, 0.3) is 0 Å². The summed E-state index contributed by atoms with van der Waals surface area (Å²) in [6.45, 7) is 1.59. The Morgan fingerprint density at radius 3 is 2.45 bits per heavy atom. The molecule has 7 heteroatoms. The molecule has 0 bridgehead atoms. The number of nitrogens with zero attached hydrogens (tertiary/aromatic N) is 4. The fourth-order valence-electron chi connectivity index (χ4n) is 5.68. The lowest BCUT2D eigenvalue weighted by molar-refractivity contribution is -0.125. The number of hydrogen-bond donors (Lipinski definition) is 2. The number of nitrogens with two attached hydrogens (primary N) is 1. The topological polar surface area (TPSA) is 130 Å². The van der Waals surface area contributed by atoms with Crippen molar-refractivity contribution in [3.8, 4) is 18.2 Å². The van der Waals surface area contributed by atoms with Crippen molar-refractivity contribution in [3.63, 3.8) is 0 Å². The van der Waals surface area contributed by atoms with Crippen LogP contribution in [-0.2, 0) is 16.8 Å². The van der Waals surface area contributed by atoms with Gasteiger partial charge >= 0.3 is 0 Å². The van der Waals surface area contributed by atoms with E-state index in [2.05, 4.69) is 28.4 Å². The van der Waals surface area contributed by atoms with Crippen LogP contribution in [-0.4, -0.2) is 23.9 Å². The van der Waals surface area contributed by atoms with Crippen molar-refractivity contribution in [1.29, 1.82) is 15.8 Å². The van der Waals surface area contributed by atoms with Gasteiger partial charge in [-0.15, -0.1) is 0 Å². The zero-order valence-corrected chi connectivity index (χ0v) is 17.7. The van der Waals surface area contributed by atoms with Crippen LogP contribution in [0.3, 0.4) is 0 Å². The number of benzene rings is 2. The van der Waals surface area contributed by atoms with Crippen molar-refractivity contribution in [2.45, 2.75) is 12.0 Å². The number of para-hydroxylation sites is 1. The Bertz CT molecular complexity index is 1340. The van der Waals surface area contributed by atoms with E-state index in [9.17, 15) is 20.6 Å². The number of carbonyl (C=O) groups is 1. The summed E-state index contributed by atoms with van der Waals surface area (Å²) in [6, 6.07) is 23.3. The number of fused-ring (bicyclic) bond motifs is 4. The van der Waals surface area contributed by atoms with Gasteiger partial charge in [0, 0.05) is 31.2 Å². The molecule has 0 radical (unpaired) electrons. The summed E-state index contributed by atoms with van der Waals surface area (Å²) < 4.78 is 0. The number of hydrogen-bond acceptors (Lipinski definition) is 6. The van der Waals surface area contributed by atoms with Crippen LogP contribution < -0.4 is 11.1 Å². The molecule has 0 fully saturated rings. The first-order chi connectivity index (χ1) is 16.0. The first-order valence-electron chi connectivity index (χ1n) is 10.6. The van der Waals surface area contributed by atoms with Crippen LogP contribution in [0.1, 0.15) is 11.1 Å². The SMILES string of the molecule is N#CC1=C(N)C(C#N)(C#N)[C@@]2(C(=O)Nc3ccccc32)[C@H]2CN(Cc3ccccc3)CC=C12. The molecule has 1 spiro atoms. The quantitative estimate of drug-likeness (QED) is 0.750. The highest BCUT2D eigenvalue weighted by molar-refractivity contribution is 6.09. The molecule has 2 aromatic rings. The van der Waals surface area contributed by atoms with Gasteiger partial charge in [-0.05, 0) is 22.8 Å². The standard InChI is InChI=1S/C26H20N6O/c27-12-19-18-10-11-32(13-17-6-2-1-3-7-17)14-21(18)26(25(15-28,16-29)23(19)30)20-8-4-5-9-22(20)31-24(26)33/h1-10,21H,11,13-14,30H2,(H,31,33)/t21-,26+/m0/s1. The van der Waals surface area contributed by atoms with E-state index in [1.807, 2.05) is 36.4 Å². The maximum absolute atomic E-state index is 13.8. The number of rotatable bonds is 2. The minimum absolute atomic E-state index is 0.130. The van der Waals surface area contributed by atoms with Crippen molar-refractivity contribution in [3.05, 3.63) is 88.6 Å². The van der Waals surface area contributed by atoms with Crippen molar-refractivity contribution in [2.24, 2.45) is 17.1 Å². The predicted octanol–water partition coefficient (Wildman–Crippen LogP) is 2.72. The number of carbonyl (C=O) groups excluding carboxylic acids is 1. The van der Waals surface area contributed by atoms with E-state index in [4.69, 9.17) is 5.73 Å². The highest BCUT2D eigenvalue weighted by Gasteiger charge is 2.71. The van der Waals surface area contributed by atoms with Gasteiger partial charge < -0.3 is 11.1 Å². The average Bonchev–Trinajstić information content (AvgIpc) is 3.14. The van der Waals surface area contributed by atoms with Crippen molar-refractivity contribution in [1.82, 2.24) is 4.90 Å². The Labute approximate surface area is 191 Å². The Hall–Kier alpha value is -4.38. The molecule has 1 aliphatic carbocycles. The highest BCUT2D eigenvalue weighted by atomic mass is 16.2.